The van der Waals surface area contributed by atoms with Gasteiger partial charge in [0, 0.05) is 25.6 Å². The largest absolute Gasteiger partial charge is 0.416 e. The summed E-state index contributed by atoms with van der Waals surface area (Å²) >= 11 is 0. The minimum Gasteiger partial charge on any atom is -0.335 e. The molecule has 23 heavy (non-hydrogen) atoms. The number of benzene rings is 1. The number of likely N-dealkylation sites (tertiary alicyclic amines) is 1. The van der Waals surface area contributed by atoms with Crippen molar-refractivity contribution in [1.82, 2.24) is 10.2 Å². The first-order valence-corrected chi connectivity index (χ1v) is 7.69. The summed E-state index contributed by atoms with van der Waals surface area (Å²) < 4.78 is 38.3. The molecule has 1 N–H and O–H groups in total. The van der Waals surface area contributed by atoms with Crippen LogP contribution >= 0.6 is 0 Å². The number of hydrogen-bond acceptors (Lipinski definition) is 2. The second-order valence-corrected chi connectivity index (χ2v) is 5.69. The van der Waals surface area contributed by atoms with E-state index in [0.717, 1.165) is 31.5 Å². The molecule has 0 radical (unpaired) electrons. The molecule has 0 bridgehead atoms. The quantitative estimate of drug-likeness (QED) is 0.615. The Bertz CT molecular complexity index is 557. The molecule has 1 atom stereocenters. The molecule has 1 fully saturated rings. The zero-order valence-corrected chi connectivity index (χ0v) is 12.9. The minimum absolute atomic E-state index is 0.0103. The Balaban J connectivity index is 2.01. The summed E-state index contributed by atoms with van der Waals surface area (Å²) in [5.74, 6) is 0.0103. The second kappa shape index (κ2) is 7.64. The zero-order chi connectivity index (χ0) is 16.9. The summed E-state index contributed by atoms with van der Waals surface area (Å²) in [5, 5.41) is 3.19. The maximum Gasteiger partial charge on any atom is 0.416 e. The minimum atomic E-state index is -4.36. The van der Waals surface area contributed by atoms with Crippen molar-refractivity contribution in [2.75, 3.05) is 13.1 Å². The lowest BCUT2D eigenvalue weighted by atomic mass is 10.1. The molecule has 1 amide bonds. The van der Waals surface area contributed by atoms with E-state index in [-0.39, 0.29) is 18.5 Å². The van der Waals surface area contributed by atoms with E-state index in [2.05, 4.69) is 11.9 Å². The fraction of sp³-hybridized carbons (Fsp3) is 0.471. The van der Waals surface area contributed by atoms with Crippen LogP contribution in [0.1, 0.15) is 30.4 Å². The van der Waals surface area contributed by atoms with Gasteiger partial charge in [-0.2, -0.15) is 13.2 Å². The Kier molecular flexibility index (Phi) is 5.82. The van der Waals surface area contributed by atoms with Gasteiger partial charge in [0.25, 0.3) is 0 Å². The van der Waals surface area contributed by atoms with Crippen molar-refractivity contribution >= 4 is 5.91 Å². The van der Waals surface area contributed by atoms with Gasteiger partial charge in [-0.3, -0.25) is 4.79 Å². The average Bonchev–Trinajstić information content (AvgIpc) is 2.84. The van der Waals surface area contributed by atoms with Crippen LogP contribution in [0.5, 0.6) is 0 Å². The monoisotopic (exact) mass is 326 g/mol. The van der Waals surface area contributed by atoms with E-state index in [4.69, 9.17) is 0 Å². The van der Waals surface area contributed by atoms with Crippen LogP contribution < -0.4 is 5.32 Å². The molecule has 126 valence electrons. The van der Waals surface area contributed by atoms with Crippen LogP contribution in [-0.2, 0) is 17.5 Å². The molecule has 1 aliphatic heterocycles. The number of carbonyl (C=O) groups is 1. The van der Waals surface area contributed by atoms with Crippen LogP contribution in [0.4, 0.5) is 13.2 Å². The standard InChI is InChI=1S/C17H21F3N2O/c1-2-9-21-10-8-15-6-7-16(23)22(15)12-13-4-3-5-14(11-13)17(18,19)20/h2-5,11,15,21H,1,6-10,12H2. The molecule has 0 spiro atoms. The van der Waals surface area contributed by atoms with Gasteiger partial charge in [-0.25, -0.2) is 0 Å². The first kappa shape index (κ1) is 17.5. The lowest BCUT2D eigenvalue weighted by molar-refractivity contribution is -0.137. The summed E-state index contributed by atoms with van der Waals surface area (Å²) in [4.78, 5) is 13.7. The van der Waals surface area contributed by atoms with Crippen molar-refractivity contribution < 1.29 is 18.0 Å². The van der Waals surface area contributed by atoms with Crippen molar-refractivity contribution in [3.8, 4) is 0 Å². The molecule has 0 aliphatic carbocycles. The van der Waals surface area contributed by atoms with E-state index in [9.17, 15) is 18.0 Å². The van der Waals surface area contributed by atoms with Crippen molar-refractivity contribution in [2.24, 2.45) is 0 Å². The third-order valence-electron chi connectivity index (χ3n) is 4.00. The van der Waals surface area contributed by atoms with Gasteiger partial charge in [0.2, 0.25) is 5.91 Å². The molecule has 6 heteroatoms. The lowest BCUT2D eigenvalue weighted by Crippen LogP contribution is -2.34. The van der Waals surface area contributed by atoms with Crippen LogP contribution in [0.25, 0.3) is 0 Å². The highest BCUT2D eigenvalue weighted by atomic mass is 19.4. The van der Waals surface area contributed by atoms with Crippen LogP contribution in [0.2, 0.25) is 0 Å². The molecule has 1 aromatic rings. The molecule has 1 saturated heterocycles. The number of carbonyl (C=O) groups excluding carboxylic acids is 1. The third kappa shape index (κ3) is 4.82. The Morgan fingerprint density at radius 1 is 1.39 bits per heavy atom. The third-order valence-corrected chi connectivity index (χ3v) is 4.00. The smallest absolute Gasteiger partial charge is 0.335 e. The average molecular weight is 326 g/mol. The summed E-state index contributed by atoms with van der Waals surface area (Å²) in [5.41, 5.74) is -0.162. The molecule has 1 heterocycles. The molecule has 1 unspecified atom stereocenters. The number of hydrogen-bond donors (Lipinski definition) is 1. The highest BCUT2D eigenvalue weighted by Gasteiger charge is 2.32. The van der Waals surface area contributed by atoms with Crippen molar-refractivity contribution in [3.05, 3.63) is 48.0 Å². The number of alkyl halides is 3. The van der Waals surface area contributed by atoms with Crippen molar-refractivity contribution in [2.45, 2.75) is 38.0 Å². The van der Waals surface area contributed by atoms with Gasteiger partial charge in [-0.1, -0.05) is 18.2 Å². The van der Waals surface area contributed by atoms with Crippen LogP contribution in [0, 0.1) is 0 Å². The Morgan fingerprint density at radius 3 is 2.87 bits per heavy atom. The number of nitrogens with zero attached hydrogens (tertiary/aromatic N) is 1. The van der Waals surface area contributed by atoms with E-state index in [1.165, 1.54) is 6.07 Å². The number of halogens is 3. The fourth-order valence-corrected chi connectivity index (χ4v) is 2.83. The van der Waals surface area contributed by atoms with E-state index in [1.54, 1.807) is 17.0 Å². The maximum absolute atomic E-state index is 12.8. The second-order valence-electron chi connectivity index (χ2n) is 5.69. The zero-order valence-electron chi connectivity index (χ0n) is 12.9. The lowest BCUT2D eigenvalue weighted by Gasteiger charge is -2.25. The molecule has 0 saturated carbocycles. The summed E-state index contributed by atoms with van der Waals surface area (Å²) in [6, 6.07) is 5.27. The number of amides is 1. The van der Waals surface area contributed by atoms with Crippen LogP contribution in [-0.4, -0.2) is 29.9 Å². The highest BCUT2D eigenvalue weighted by molar-refractivity contribution is 5.78. The first-order chi connectivity index (χ1) is 10.9. The normalized spacial score (nSPS) is 18.5. The van der Waals surface area contributed by atoms with Gasteiger partial charge in [-0.05, 0) is 37.1 Å². The predicted octanol–water partition coefficient (Wildman–Crippen LogP) is 3.36. The summed E-state index contributed by atoms with van der Waals surface area (Å²) in [6.45, 7) is 5.31. The molecule has 0 aromatic heterocycles. The van der Waals surface area contributed by atoms with E-state index < -0.39 is 11.7 Å². The molecule has 2 rings (SSSR count). The number of rotatable bonds is 7. The predicted molar refractivity (Wildman–Crippen MR) is 82.7 cm³/mol. The van der Waals surface area contributed by atoms with Crippen molar-refractivity contribution in [1.29, 1.82) is 0 Å². The topological polar surface area (TPSA) is 32.3 Å². The van der Waals surface area contributed by atoms with Crippen LogP contribution in [0.3, 0.4) is 0 Å². The molecular formula is C17H21F3N2O. The van der Waals surface area contributed by atoms with Gasteiger partial charge in [0.05, 0.1) is 5.56 Å². The highest BCUT2D eigenvalue weighted by Crippen LogP contribution is 2.30. The van der Waals surface area contributed by atoms with E-state index >= 15 is 0 Å². The molecular weight excluding hydrogens is 305 g/mol. The van der Waals surface area contributed by atoms with Gasteiger partial charge < -0.3 is 10.2 Å². The maximum atomic E-state index is 12.8. The van der Waals surface area contributed by atoms with Gasteiger partial charge in [0.15, 0.2) is 0 Å². The van der Waals surface area contributed by atoms with E-state index in [1.807, 2.05) is 0 Å². The molecule has 1 aliphatic rings. The Morgan fingerprint density at radius 2 is 2.17 bits per heavy atom. The van der Waals surface area contributed by atoms with Crippen LogP contribution in [0.15, 0.2) is 36.9 Å². The summed E-state index contributed by atoms with van der Waals surface area (Å²) in [7, 11) is 0. The van der Waals surface area contributed by atoms with Gasteiger partial charge in [-0.15, -0.1) is 6.58 Å². The molecule has 1 aromatic carbocycles. The van der Waals surface area contributed by atoms with E-state index in [0.29, 0.717) is 18.5 Å². The number of nitrogens with one attached hydrogen (secondary N) is 1. The first-order valence-electron chi connectivity index (χ1n) is 7.69. The summed E-state index contributed by atoms with van der Waals surface area (Å²) in [6.07, 6.45) is -0.587. The Labute approximate surface area is 134 Å². The van der Waals surface area contributed by atoms with Gasteiger partial charge >= 0.3 is 6.18 Å². The Hall–Kier alpha value is -1.82. The van der Waals surface area contributed by atoms with Crippen molar-refractivity contribution in [3.63, 3.8) is 0 Å². The molecule has 3 nitrogen and oxygen atoms in total. The van der Waals surface area contributed by atoms with Gasteiger partial charge in [0.1, 0.15) is 0 Å². The SMILES string of the molecule is C=CCNCCC1CCC(=O)N1Cc1cccc(C(F)(F)F)c1. The fourth-order valence-electron chi connectivity index (χ4n) is 2.83.